The van der Waals surface area contributed by atoms with E-state index in [9.17, 15) is 0 Å². The van der Waals surface area contributed by atoms with Crippen LogP contribution in [0.15, 0.2) is 34.7 Å². The molecule has 1 aromatic carbocycles. The molecule has 0 radical (unpaired) electrons. The number of benzene rings is 1. The first-order valence-electron chi connectivity index (χ1n) is 3.63. The molecule has 0 aliphatic rings. The predicted molar refractivity (Wildman–Crippen MR) is 55.0 cm³/mol. The molecule has 0 spiro atoms. The highest BCUT2D eigenvalue weighted by molar-refractivity contribution is 8.13. The summed E-state index contributed by atoms with van der Waals surface area (Å²) in [6.45, 7) is 1.84. The molecule has 0 saturated heterocycles. The van der Waals surface area contributed by atoms with Gasteiger partial charge in [0.2, 0.25) is 0 Å². The highest BCUT2D eigenvalue weighted by atomic mass is 32.2. The Balaban J connectivity index is 2.66. The number of rotatable bonds is 2. The van der Waals surface area contributed by atoms with Crippen molar-refractivity contribution in [3.8, 4) is 0 Å². The second kappa shape index (κ2) is 4.72. The van der Waals surface area contributed by atoms with E-state index >= 15 is 0 Å². The molecule has 3 heteroatoms. The van der Waals surface area contributed by atoms with Gasteiger partial charge in [-0.15, -0.1) is 0 Å². The van der Waals surface area contributed by atoms with E-state index in [4.69, 9.17) is 5.41 Å². The van der Waals surface area contributed by atoms with Gasteiger partial charge in [-0.2, -0.15) is 0 Å². The molecule has 0 bridgehead atoms. The smallest absolute Gasteiger partial charge is 0.117 e. The van der Waals surface area contributed by atoms with Crippen molar-refractivity contribution in [2.45, 2.75) is 6.92 Å². The molecule has 0 fully saturated rings. The average Bonchev–Trinajstić information content (AvgIpc) is 2.15. The van der Waals surface area contributed by atoms with Crippen LogP contribution in [0.3, 0.4) is 0 Å². The molecule has 0 saturated carbocycles. The molecular weight excluding hydrogens is 168 g/mol. The van der Waals surface area contributed by atoms with Crippen LogP contribution in [0, 0.1) is 5.41 Å². The molecule has 1 rings (SSSR count). The van der Waals surface area contributed by atoms with Crippen molar-refractivity contribution in [1.82, 2.24) is 0 Å². The van der Waals surface area contributed by atoms with E-state index in [0.29, 0.717) is 5.04 Å². The van der Waals surface area contributed by atoms with Gasteiger partial charge in [-0.25, -0.2) is 4.40 Å². The molecule has 0 amide bonds. The van der Waals surface area contributed by atoms with E-state index in [1.165, 1.54) is 11.9 Å². The van der Waals surface area contributed by atoms with Crippen LogP contribution >= 0.6 is 11.9 Å². The molecule has 0 unspecified atom stereocenters. The summed E-state index contributed by atoms with van der Waals surface area (Å²) in [7, 11) is 0. The van der Waals surface area contributed by atoms with Gasteiger partial charge in [0.15, 0.2) is 0 Å². The molecule has 1 N–H and O–H groups in total. The Bertz CT molecular complexity index is 280. The molecule has 0 aliphatic carbocycles. The SMILES string of the molecule is C/C=N/SC(=N)c1ccccc1. The Morgan fingerprint density at radius 3 is 2.67 bits per heavy atom. The fourth-order valence-corrected chi connectivity index (χ4v) is 1.20. The van der Waals surface area contributed by atoms with Crippen LogP contribution in [0.5, 0.6) is 0 Å². The summed E-state index contributed by atoms with van der Waals surface area (Å²) in [6.07, 6.45) is 1.68. The highest BCUT2D eigenvalue weighted by Crippen LogP contribution is 2.11. The van der Waals surface area contributed by atoms with Crippen LogP contribution in [0.2, 0.25) is 0 Å². The lowest BCUT2D eigenvalue weighted by atomic mass is 10.2. The first-order valence-corrected chi connectivity index (χ1v) is 4.41. The minimum Gasteiger partial charge on any atom is -0.292 e. The van der Waals surface area contributed by atoms with Gasteiger partial charge in [0.25, 0.3) is 0 Å². The fourth-order valence-electron chi connectivity index (χ4n) is 0.748. The first kappa shape index (κ1) is 9.00. The summed E-state index contributed by atoms with van der Waals surface area (Å²) >= 11 is 1.18. The molecule has 2 nitrogen and oxygen atoms in total. The Morgan fingerprint density at radius 2 is 2.08 bits per heavy atom. The Labute approximate surface area is 76.4 Å². The summed E-state index contributed by atoms with van der Waals surface area (Å²) in [5.74, 6) is 0. The van der Waals surface area contributed by atoms with Crippen LogP contribution in [-0.4, -0.2) is 11.3 Å². The number of nitrogens with zero attached hydrogens (tertiary/aromatic N) is 1. The van der Waals surface area contributed by atoms with Crippen molar-refractivity contribution in [2.24, 2.45) is 4.40 Å². The Kier molecular flexibility index (Phi) is 3.54. The normalized spacial score (nSPS) is 10.4. The highest BCUT2D eigenvalue weighted by Gasteiger charge is 1.97. The molecule has 0 heterocycles. The van der Waals surface area contributed by atoms with Crippen molar-refractivity contribution < 1.29 is 0 Å². The van der Waals surface area contributed by atoms with E-state index in [-0.39, 0.29) is 0 Å². The lowest BCUT2D eigenvalue weighted by Crippen LogP contribution is -1.89. The van der Waals surface area contributed by atoms with Crippen molar-refractivity contribution in [2.75, 3.05) is 0 Å². The predicted octanol–water partition coefficient (Wildman–Crippen LogP) is 2.75. The van der Waals surface area contributed by atoms with Gasteiger partial charge in [0, 0.05) is 23.7 Å². The van der Waals surface area contributed by atoms with Crippen LogP contribution < -0.4 is 0 Å². The second-order valence-electron chi connectivity index (χ2n) is 2.15. The number of nitrogens with one attached hydrogen (secondary N) is 1. The van der Waals surface area contributed by atoms with E-state index in [0.717, 1.165) is 5.56 Å². The third kappa shape index (κ3) is 2.51. The quantitative estimate of drug-likeness (QED) is 0.422. The summed E-state index contributed by atoms with van der Waals surface area (Å²) in [6, 6.07) is 9.58. The minimum absolute atomic E-state index is 0.480. The summed E-state index contributed by atoms with van der Waals surface area (Å²) < 4.78 is 3.92. The number of hydrogen-bond donors (Lipinski definition) is 1. The van der Waals surface area contributed by atoms with Crippen LogP contribution in [-0.2, 0) is 0 Å². The molecular formula is C9H10N2S. The topological polar surface area (TPSA) is 36.2 Å². The van der Waals surface area contributed by atoms with Crippen LogP contribution in [0.4, 0.5) is 0 Å². The van der Waals surface area contributed by atoms with E-state index in [1.807, 2.05) is 37.3 Å². The van der Waals surface area contributed by atoms with Gasteiger partial charge < -0.3 is 0 Å². The van der Waals surface area contributed by atoms with E-state index in [1.54, 1.807) is 6.21 Å². The maximum Gasteiger partial charge on any atom is 0.117 e. The molecule has 0 aromatic heterocycles. The third-order valence-electron chi connectivity index (χ3n) is 1.29. The monoisotopic (exact) mass is 178 g/mol. The van der Waals surface area contributed by atoms with Crippen LogP contribution in [0.1, 0.15) is 12.5 Å². The van der Waals surface area contributed by atoms with Gasteiger partial charge in [-0.1, -0.05) is 30.3 Å². The minimum atomic E-state index is 0.480. The van der Waals surface area contributed by atoms with Crippen molar-refractivity contribution >= 4 is 23.2 Å². The zero-order chi connectivity index (χ0) is 8.81. The lowest BCUT2D eigenvalue weighted by molar-refractivity contribution is 1.52. The zero-order valence-electron chi connectivity index (χ0n) is 6.82. The molecule has 12 heavy (non-hydrogen) atoms. The standard InChI is InChI=1S/C9H10N2S/c1-2-11-12-9(10)8-6-4-3-5-7-8/h2-7,10H,1H3/b10-9?,11-2+. The lowest BCUT2D eigenvalue weighted by Gasteiger charge is -1.97. The molecule has 1 aromatic rings. The zero-order valence-corrected chi connectivity index (χ0v) is 7.64. The van der Waals surface area contributed by atoms with Gasteiger partial charge in [-0.05, 0) is 6.92 Å². The number of hydrogen-bond acceptors (Lipinski definition) is 3. The Morgan fingerprint density at radius 1 is 1.42 bits per heavy atom. The average molecular weight is 178 g/mol. The molecule has 62 valence electrons. The van der Waals surface area contributed by atoms with Crippen molar-refractivity contribution in [1.29, 1.82) is 5.41 Å². The van der Waals surface area contributed by atoms with Gasteiger partial charge in [-0.3, -0.25) is 5.41 Å². The maximum absolute atomic E-state index is 7.58. The summed E-state index contributed by atoms with van der Waals surface area (Å²) in [5.41, 5.74) is 0.910. The van der Waals surface area contributed by atoms with E-state index < -0.39 is 0 Å². The molecule has 0 aliphatic heterocycles. The van der Waals surface area contributed by atoms with Gasteiger partial charge >= 0.3 is 0 Å². The van der Waals surface area contributed by atoms with Crippen molar-refractivity contribution in [3.63, 3.8) is 0 Å². The van der Waals surface area contributed by atoms with Crippen LogP contribution in [0.25, 0.3) is 0 Å². The fraction of sp³-hybridized carbons (Fsp3) is 0.111. The largest absolute Gasteiger partial charge is 0.292 e. The van der Waals surface area contributed by atoms with E-state index in [2.05, 4.69) is 4.40 Å². The second-order valence-corrected chi connectivity index (χ2v) is 2.95. The van der Waals surface area contributed by atoms with Gasteiger partial charge in [0.05, 0.1) is 0 Å². The first-order chi connectivity index (χ1) is 5.84. The Hall–Kier alpha value is -1.09. The van der Waals surface area contributed by atoms with Crippen molar-refractivity contribution in [3.05, 3.63) is 35.9 Å². The maximum atomic E-state index is 7.58. The summed E-state index contributed by atoms with van der Waals surface area (Å²) in [5, 5.41) is 8.06. The third-order valence-corrected chi connectivity index (χ3v) is 2.02. The van der Waals surface area contributed by atoms with Gasteiger partial charge in [0.1, 0.15) is 5.04 Å². The summed E-state index contributed by atoms with van der Waals surface area (Å²) in [4.78, 5) is 0. The molecule has 0 atom stereocenters.